The summed E-state index contributed by atoms with van der Waals surface area (Å²) >= 11 is 3.48. The topological polar surface area (TPSA) is 122 Å². The van der Waals surface area contributed by atoms with Gasteiger partial charge in [0.2, 0.25) is 5.82 Å². The van der Waals surface area contributed by atoms with E-state index in [1.165, 1.54) is 30.1 Å². The van der Waals surface area contributed by atoms with Crippen LogP contribution in [0.15, 0.2) is 110 Å². The van der Waals surface area contributed by atoms with Gasteiger partial charge in [0.15, 0.2) is 17.3 Å². The third-order valence-corrected chi connectivity index (χ3v) is 7.02. The fourth-order valence-electron chi connectivity index (χ4n) is 4.45. The van der Waals surface area contributed by atoms with Gasteiger partial charge in [-0.15, -0.1) is 0 Å². The number of non-ortho nitro benzene ring substituents is 1. The second-order valence-electron chi connectivity index (χ2n) is 9.20. The number of methoxy groups -OCH3 is 1. The molecule has 11 heteroatoms. The number of para-hydroxylation sites is 2. The van der Waals surface area contributed by atoms with Crippen LogP contribution in [-0.2, 0) is 6.61 Å². The first kappa shape index (κ1) is 26.9. The van der Waals surface area contributed by atoms with Gasteiger partial charge in [-0.3, -0.25) is 14.9 Å². The van der Waals surface area contributed by atoms with E-state index in [9.17, 15) is 14.9 Å². The second-order valence-corrected chi connectivity index (χ2v) is 10.1. The third kappa shape index (κ3) is 5.25. The minimum absolute atomic E-state index is 0.00816. The molecule has 4 aromatic carbocycles. The van der Waals surface area contributed by atoms with E-state index in [-0.39, 0.29) is 23.7 Å². The first-order valence-corrected chi connectivity index (χ1v) is 13.5. The van der Waals surface area contributed by atoms with Crippen molar-refractivity contribution in [3.05, 3.63) is 127 Å². The molecule has 6 aromatic rings. The molecule has 2 aromatic heterocycles. The van der Waals surface area contributed by atoms with Crippen molar-refractivity contribution >= 4 is 49.7 Å². The van der Waals surface area contributed by atoms with Gasteiger partial charge in [-0.25, -0.2) is 4.98 Å². The van der Waals surface area contributed by atoms with Gasteiger partial charge >= 0.3 is 0 Å². The number of rotatable bonds is 8. The van der Waals surface area contributed by atoms with Crippen LogP contribution in [0.2, 0.25) is 0 Å². The number of furan rings is 1. The maximum Gasteiger partial charge on any atom is 0.282 e. The molecule has 2 heterocycles. The van der Waals surface area contributed by atoms with Gasteiger partial charge in [0.05, 0.1) is 29.2 Å². The number of ether oxygens (including phenoxy) is 2. The number of hydrogen-bond donors (Lipinski definition) is 0. The fraction of sp³-hybridized carbons (Fsp3) is 0.0645. The van der Waals surface area contributed by atoms with Crippen LogP contribution in [0.5, 0.6) is 11.5 Å². The number of hydrogen-bond acceptors (Lipinski definition) is 8. The van der Waals surface area contributed by atoms with Gasteiger partial charge in [0.25, 0.3) is 11.2 Å². The van der Waals surface area contributed by atoms with E-state index in [1.54, 1.807) is 48.5 Å². The molecule has 0 aliphatic rings. The smallest absolute Gasteiger partial charge is 0.282 e. The van der Waals surface area contributed by atoms with E-state index < -0.39 is 4.92 Å². The molecule has 0 fully saturated rings. The lowest BCUT2D eigenvalue weighted by atomic mass is 10.2. The molecular formula is C31H21BrN4O6. The van der Waals surface area contributed by atoms with Gasteiger partial charge in [0.1, 0.15) is 12.2 Å². The van der Waals surface area contributed by atoms with Crippen LogP contribution in [0.4, 0.5) is 5.69 Å². The van der Waals surface area contributed by atoms with Crippen molar-refractivity contribution in [2.45, 2.75) is 6.61 Å². The summed E-state index contributed by atoms with van der Waals surface area (Å²) in [5.74, 6) is 1.45. The van der Waals surface area contributed by atoms with Crippen molar-refractivity contribution in [3.8, 4) is 23.1 Å². The molecule has 6 rings (SSSR count). The van der Waals surface area contributed by atoms with Crippen molar-refractivity contribution < 1.29 is 18.8 Å². The molecule has 0 amide bonds. The molecule has 0 aliphatic carbocycles. The summed E-state index contributed by atoms with van der Waals surface area (Å²) in [6.07, 6.45) is 1.49. The Balaban J connectivity index is 1.42. The predicted molar refractivity (Wildman–Crippen MR) is 162 cm³/mol. The molecule has 0 atom stereocenters. The van der Waals surface area contributed by atoms with E-state index in [1.807, 2.05) is 30.3 Å². The molecule has 42 heavy (non-hydrogen) atoms. The lowest BCUT2D eigenvalue weighted by Gasteiger charge is -2.13. The molecule has 0 bridgehead atoms. The van der Waals surface area contributed by atoms with Crippen LogP contribution in [0.1, 0.15) is 11.1 Å². The van der Waals surface area contributed by atoms with Crippen molar-refractivity contribution in [1.29, 1.82) is 0 Å². The molecule has 0 radical (unpaired) electrons. The summed E-state index contributed by atoms with van der Waals surface area (Å²) in [6, 6.07) is 25.8. The highest BCUT2D eigenvalue weighted by molar-refractivity contribution is 9.10. The number of nitro benzene ring substituents is 1. The maximum absolute atomic E-state index is 13.7. The van der Waals surface area contributed by atoms with E-state index in [2.05, 4.69) is 21.0 Å². The van der Waals surface area contributed by atoms with Crippen LogP contribution in [0.25, 0.3) is 33.5 Å². The van der Waals surface area contributed by atoms with Gasteiger partial charge in [0, 0.05) is 27.6 Å². The Morgan fingerprint density at radius 3 is 2.64 bits per heavy atom. The highest BCUT2D eigenvalue weighted by atomic mass is 79.9. The Labute approximate surface area is 246 Å². The van der Waals surface area contributed by atoms with Crippen molar-refractivity contribution in [3.63, 3.8) is 0 Å². The summed E-state index contributed by atoms with van der Waals surface area (Å²) in [4.78, 5) is 28.9. The Kier molecular flexibility index (Phi) is 7.24. The minimum atomic E-state index is -0.457. The van der Waals surface area contributed by atoms with Crippen molar-refractivity contribution in [1.82, 2.24) is 9.66 Å². The fourth-order valence-corrected chi connectivity index (χ4v) is 4.83. The number of nitro groups is 1. The largest absolute Gasteiger partial charge is 0.493 e. The van der Waals surface area contributed by atoms with Crippen molar-refractivity contribution in [2.24, 2.45) is 5.10 Å². The lowest BCUT2D eigenvalue weighted by Crippen LogP contribution is -2.20. The number of aromatic nitrogens is 2. The lowest BCUT2D eigenvalue weighted by molar-refractivity contribution is -0.384. The van der Waals surface area contributed by atoms with E-state index in [4.69, 9.17) is 18.9 Å². The SMILES string of the molecule is COc1cccc(C=Nn2c(-c3cc4cc(Br)ccc4o3)nc3ccccc3c2=O)c1OCc1ccc([N+](=O)[O-])cc1. The average molecular weight is 625 g/mol. The quantitative estimate of drug-likeness (QED) is 0.102. The van der Waals surface area contributed by atoms with E-state index in [0.29, 0.717) is 39.3 Å². The average Bonchev–Trinajstić information content (AvgIpc) is 3.43. The number of halogens is 1. The zero-order valence-electron chi connectivity index (χ0n) is 22.1. The molecule has 10 nitrogen and oxygen atoms in total. The minimum Gasteiger partial charge on any atom is -0.493 e. The van der Waals surface area contributed by atoms with Gasteiger partial charge < -0.3 is 13.9 Å². The summed E-state index contributed by atoms with van der Waals surface area (Å²) < 4.78 is 19.8. The number of benzene rings is 4. The zero-order valence-corrected chi connectivity index (χ0v) is 23.6. The summed E-state index contributed by atoms with van der Waals surface area (Å²) in [6.45, 7) is 0.122. The third-order valence-electron chi connectivity index (χ3n) is 6.52. The van der Waals surface area contributed by atoms with Crippen LogP contribution in [0, 0.1) is 10.1 Å². The number of fused-ring (bicyclic) bond motifs is 2. The van der Waals surface area contributed by atoms with Crippen LogP contribution in [-0.4, -0.2) is 27.9 Å². The van der Waals surface area contributed by atoms with Crippen LogP contribution < -0.4 is 15.0 Å². The first-order chi connectivity index (χ1) is 20.4. The number of nitrogens with zero attached hydrogens (tertiary/aromatic N) is 4. The first-order valence-electron chi connectivity index (χ1n) is 12.7. The predicted octanol–water partition coefficient (Wildman–Crippen LogP) is 6.95. The maximum atomic E-state index is 13.7. The molecule has 0 N–H and O–H groups in total. The molecule has 0 saturated carbocycles. The van der Waals surface area contributed by atoms with Crippen molar-refractivity contribution in [2.75, 3.05) is 7.11 Å². The van der Waals surface area contributed by atoms with Gasteiger partial charge in [-0.05, 0) is 66.2 Å². The molecule has 0 saturated heterocycles. The Morgan fingerprint density at radius 1 is 1.05 bits per heavy atom. The molecule has 0 unspecified atom stereocenters. The Morgan fingerprint density at radius 2 is 1.86 bits per heavy atom. The van der Waals surface area contributed by atoms with Gasteiger partial charge in [-0.2, -0.15) is 9.78 Å². The van der Waals surface area contributed by atoms with E-state index in [0.717, 1.165) is 15.4 Å². The molecule has 0 aliphatic heterocycles. The highest BCUT2D eigenvalue weighted by Gasteiger charge is 2.17. The van der Waals surface area contributed by atoms with Gasteiger partial charge in [-0.1, -0.05) is 34.1 Å². The zero-order chi connectivity index (χ0) is 29.2. The Hall–Kier alpha value is -5.29. The molecule has 0 spiro atoms. The van der Waals surface area contributed by atoms with Crippen LogP contribution in [0.3, 0.4) is 0 Å². The second kappa shape index (κ2) is 11.3. The van der Waals surface area contributed by atoms with Crippen LogP contribution >= 0.6 is 15.9 Å². The summed E-state index contributed by atoms with van der Waals surface area (Å²) in [5.41, 5.74) is 2.04. The highest BCUT2D eigenvalue weighted by Crippen LogP contribution is 2.32. The molecule has 208 valence electrons. The van der Waals surface area contributed by atoms with E-state index >= 15 is 0 Å². The standard InChI is InChI=1S/C31H21BrN4O6/c1-40-27-8-4-5-20(29(27)41-18-19-9-12-23(13-10-19)36(38)39)17-33-35-30(34-25-7-3-2-6-24(25)31(35)37)28-16-21-15-22(32)11-14-26(21)42-28/h2-17H,18H2,1H3. The normalized spacial score (nSPS) is 11.4. The summed E-state index contributed by atoms with van der Waals surface area (Å²) in [7, 11) is 1.52. The molecular weight excluding hydrogens is 604 g/mol. The Bertz CT molecular complexity index is 2050. The summed E-state index contributed by atoms with van der Waals surface area (Å²) in [5, 5.41) is 16.8. The monoisotopic (exact) mass is 624 g/mol.